The van der Waals surface area contributed by atoms with Crippen LogP contribution in [0.25, 0.3) is 6.08 Å². The predicted molar refractivity (Wildman–Crippen MR) is 120 cm³/mol. The van der Waals surface area contributed by atoms with Gasteiger partial charge in [-0.3, -0.25) is 9.69 Å². The molecule has 0 fully saturated rings. The van der Waals surface area contributed by atoms with Crippen LogP contribution in [0.4, 0.5) is 5.69 Å². The molecule has 0 saturated carbocycles. The van der Waals surface area contributed by atoms with Crippen LogP contribution >= 0.6 is 11.8 Å². The molecule has 0 bridgehead atoms. The van der Waals surface area contributed by atoms with Crippen LogP contribution in [0.1, 0.15) is 22.4 Å². The number of carbonyl (C=O) groups is 1. The van der Waals surface area contributed by atoms with E-state index < -0.39 is 0 Å². The third-order valence-electron chi connectivity index (χ3n) is 4.55. The van der Waals surface area contributed by atoms with Gasteiger partial charge in [-0.1, -0.05) is 35.1 Å². The Morgan fingerprint density at radius 1 is 1.10 bits per heavy atom. The zero-order chi connectivity index (χ0) is 21.1. The number of thioether (sulfide) groups is 1. The molecule has 6 nitrogen and oxygen atoms in total. The van der Waals surface area contributed by atoms with Gasteiger partial charge in [0.25, 0.3) is 5.91 Å². The number of benzene rings is 2. The van der Waals surface area contributed by atoms with Crippen molar-refractivity contribution in [3.63, 3.8) is 0 Å². The molecule has 1 aromatic heterocycles. The first kappa shape index (κ1) is 20.0. The fourth-order valence-electron chi connectivity index (χ4n) is 3.21. The number of methoxy groups -OCH3 is 1. The summed E-state index contributed by atoms with van der Waals surface area (Å²) >= 11 is 1.45. The molecule has 1 aliphatic rings. The van der Waals surface area contributed by atoms with Crippen LogP contribution in [0.5, 0.6) is 5.75 Å². The topological polar surface area (TPSA) is 67.9 Å². The van der Waals surface area contributed by atoms with Gasteiger partial charge >= 0.3 is 0 Å². The minimum Gasteiger partial charge on any atom is -0.497 e. The molecule has 2 aromatic carbocycles. The Morgan fingerprint density at radius 3 is 2.47 bits per heavy atom. The Kier molecular flexibility index (Phi) is 5.72. The number of anilines is 1. The number of carbonyl (C=O) groups excluding carboxylic acids is 1. The molecule has 1 amide bonds. The van der Waals surface area contributed by atoms with Gasteiger partial charge in [0.15, 0.2) is 5.17 Å². The maximum absolute atomic E-state index is 13.3. The molecule has 0 aliphatic carbocycles. The first-order valence-corrected chi connectivity index (χ1v) is 10.4. The highest BCUT2D eigenvalue weighted by Crippen LogP contribution is 2.32. The molecular weight excluding hydrogens is 398 g/mol. The number of aromatic nitrogens is 1. The van der Waals surface area contributed by atoms with Crippen molar-refractivity contribution in [2.75, 3.05) is 12.0 Å². The quantitative estimate of drug-likeness (QED) is 0.546. The van der Waals surface area contributed by atoms with E-state index in [0.717, 1.165) is 33.8 Å². The van der Waals surface area contributed by atoms with E-state index in [1.165, 1.54) is 18.0 Å². The molecule has 0 spiro atoms. The van der Waals surface area contributed by atoms with Gasteiger partial charge in [-0.05, 0) is 60.9 Å². The molecule has 0 atom stereocenters. The molecule has 4 rings (SSSR count). The lowest BCUT2D eigenvalue weighted by Crippen LogP contribution is -2.30. The molecule has 0 saturated heterocycles. The van der Waals surface area contributed by atoms with Gasteiger partial charge < -0.3 is 9.26 Å². The van der Waals surface area contributed by atoms with Crippen molar-refractivity contribution in [1.29, 1.82) is 0 Å². The number of rotatable bonds is 5. The number of nitrogens with zero attached hydrogens (tertiary/aromatic N) is 3. The minimum atomic E-state index is -0.154. The molecule has 0 unspecified atom stereocenters. The average molecular weight is 420 g/mol. The summed E-state index contributed by atoms with van der Waals surface area (Å²) in [4.78, 5) is 19.6. The summed E-state index contributed by atoms with van der Waals surface area (Å²) in [6.45, 7) is 4.04. The summed E-state index contributed by atoms with van der Waals surface area (Å²) < 4.78 is 10.1. The molecule has 1 aliphatic heterocycles. The van der Waals surface area contributed by atoms with E-state index in [2.05, 4.69) is 16.2 Å². The van der Waals surface area contributed by atoms with Crippen LogP contribution in [0, 0.1) is 13.8 Å². The SMILES string of the molecule is COc1ccc(C=C2N=C(SCc3ccon3)N(c3cc(C)cc(C)c3)C2=O)cc1. The van der Waals surface area contributed by atoms with E-state index in [-0.39, 0.29) is 5.91 Å². The van der Waals surface area contributed by atoms with Crippen molar-refractivity contribution in [2.45, 2.75) is 19.6 Å². The molecule has 30 heavy (non-hydrogen) atoms. The second kappa shape index (κ2) is 8.59. The zero-order valence-corrected chi connectivity index (χ0v) is 17.8. The van der Waals surface area contributed by atoms with Gasteiger partial charge in [0.05, 0.1) is 18.5 Å². The van der Waals surface area contributed by atoms with Gasteiger partial charge in [0.1, 0.15) is 17.7 Å². The zero-order valence-electron chi connectivity index (χ0n) is 17.0. The first-order chi connectivity index (χ1) is 14.5. The molecule has 2 heterocycles. The van der Waals surface area contributed by atoms with Gasteiger partial charge in [0.2, 0.25) is 0 Å². The average Bonchev–Trinajstić information content (AvgIpc) is 3.34. The molecule has 7 heteroatoms. The molecule has 0 N–H and O–H groups in total. The van der Waals surface area contributed by atoms with E-state index in [1.807, 2.05) is 50.2 Å². The van der Waals surface area contributed by atoms with Crippen LogP contribution in [0.3, 0.4) is 0 Å². The molecule has 0 radical (unpaired) electrons. The number of aryl methyl sites for hydroxylation is 2. The fourth-order valence-corrected chi connectivity index (χ4v) is 4.12. The summed E-state index contributed by atoms with van der Waals surface area (Å²) in [5.74, 6) is 1.16. The van der Waals surface area contributed by atoms with E-state index in [4.69, 9.17) is 9.26 Å². The lowest BCUT2D eigenvalue weighted by Gasteiger charge is -2.18. The Balaban J connectivity index is 1.68. The van der Waals surface area contributed by atoms with Crippen molar-refractivity contribution >= 4 is 34.6 Å². The lowest BCUT2D eigenvalue weighted by molar-refractivity contribution is -0.113. The second-order valence-corrected chi connectivity index (χ2v) is 7.91. The van der Waals surface area contributed by atoms with Crippen LogP contribution in [-0.2, 0) is 10.5 Å². The normalized spacial score (nSPS) is 15.0. The third kappa shape index (κ3) is 4.31. The summed E-state index contributed by atoms with van der Waals surface area (Å²) in [5, 5.41) is 4.56. The minimum absolute atomic E-state index is 0.154. The maximum Gasteiger partial charge on any atom is 0.283 e. The van der Waals surface area contributed by atoms with E-state index in [0.29, 0.717) is 16.6 Å². The number of ether oxygens (including phenoxy) is 1. The van der Waals surface area contributed by atoms with E-state index >= 15 is 0 Å². The van der Waals surface area contributed by atoms with Crippen molar-refractivity contribution < 1.29 is 14.1 Å². The summed E-state index contributed by atoms with van der Waals surface area (Å²) in [6.07, 6.45) is 3.33. The number of hydrogen-bond acceptors (Lipinski definition) is 6. The van der Waals surface area contributed by atoms with Crippen LogP contribution in [0.15, 0.2) is 70.0 Å². The summed E-state index contributed by atoms with van der Waals surface area (Å²) in [6, 6.07) is 15.4. The van der Waals surface area contributed by atoms with E-state index in [9.17, 15) is 4.79 Å². The molecule has 3 aromatic rings. The predicted octanol–water partition coefficient (Wildman–Crippen LogP) is 4.98. The summed E-state index contributed by atoms with van der Waals surface area (Å²) in [7, 11) is 1.62. The highest BCUT2D eigenvalue weighted by molar-refractivity contribution is 8.13. The van der Waals surface area contributed by atoms with Crippen molar-refractivity contribution in [1.82, 2.24) is 5.16 Å². The monoisotopic (exact) mass is 419 g/mol. The van der Waals surface area contributed by atoms with Crippen molar-refractivity contribution in [3.8, 4) is 5.75 Å². The van der Waals surface area contributed by atoms with Crippen LogP contribution < -0.4 is 9.64 Å². The van der Waals surface area contributed by atoms with Crippen molar-refractivity contribution in [2.24, 2.45) is 4.99 Å². The van der Waals surface area contributed by atoms with Gasteiger partial charge in [0, 0.05) is 11.8 Å². The fraction of sp³-hybridized carbons (Fsp3) is 0.174. The Labute approximate surface area is 179 Å². The smallest absolute Gasteiger partial charge is 0.283 e. The molecular formula is C23H21N3O3S. The Bertz CT molecular complexity index is 1100. The van der Waals surface area contributed by atoms with Gasteiger partial charge in [-0.15, -0.1) is 0 Å². The van der Waals surface area contributed by atoms with E-state index in [1.54, 1.807) is 24.2 Å². The highest BCUT2D eigenvalue weighted by Gasteiger charge is 2.32. The maximum atomic E-state index is 13.3. The Hall–Kier alpha value is -3.32. The second-order valence-electron chi connectivity index (χ2n) is 6.96. The molecule has 152 valence electrons. The van der Waals surface area contributed by atoms with Crippen LogP contribution in [-0.4, -0.2) is 23.3 Å². The first-order valence-electron chi connectivity index (χ1n) is 9.43. The number of aliphatic imine (C=N–C) groups is 1. The number of amides is 1. The van der Waals surface area contributed by atoms with Gasteiger partial charge in [-0.2, -0.15) is 0 Å². The number of amidine groups is 1. The third-order valence-corrected chi connectivity index (χ3v) is 5.53. The largest absolute Gasteiger partial charge is 0.497 e. The van der Waals surface area contributed by atoms with Gasteiger partial charge in [-0.25, -0.2) is 4.99 Å². The Morgan fingerprint density at radius 2 is 1.83 bits per heavy atom. The van der Waals surface area contributed by atoms with Crippen LogP contribution in [0.2, 0.25) is 0 Å². The highest BCUT2D eigenvalue weighted by atomic mass is 32.2. The summed E-state index contributed by atoms with van der Waals surface area (Å²) in [5.41, 5.74) is 5.05. The van der Waals surface area contributed by atoms with Crippen molar-refractivity contribution in [3.05, 3.63) is 82.9 Å². The standard InChI is InChI=1S/C23H21N3O3S/c1-15-10-16(2)12-19(11-15)26-22(27)21(13-17-4-6-20(28-3)7-5-17)24-23(26)30-14-18-8-9-29-25-18/h4-13H,14H2,1-3H3. The lowest BCUT2D eigenvalue weighted by atomic mass is 10.1. The number of hydrogen-bond donors (Lipinski definition) is 0.